The normalized spacial score (nSPS) is 13.6. The second kappa shape index (κ2) is 4.51. The molecule has 1 rings (SSSR count). The lowest BCUT2D eigenvalue weighted by atomic mass is 10.0. The van der Waals surface area contributed by atoms with E-state index in [1.807, 2.05) is 0 Å². The van der Waals surface area contributed by atoms with E-state index in [0.717, 1.165) is 12.1 Å². The number of hydrogen-bond acceptors (Lipinski definition) is 1. The summed E-state index contributed by atoms with van der Waals surface area (Å²) in [5.74, 6) is -1.55. The van der Waals surface area contributed by atoms with E-state index in [1.54, 1.807) is 0 Å². The first-order valence-corrected chi connectivity index (χ1v) is 4.78. The van der Waals surface area contributed by atoms with Crippen LogP contribution in [0.15, 0.2) is 18.2 Å². The van der Waals surface area contributed by atoms with Gasteiger partial charge in [0.05, 0.1) is 5.56 Å². The molecule has 1 atom stereocenters. The maximum atomic E-state index is 12.5. The van der Waals surface area contributed by atoms with Crippen molar-refractivity contribution >= 4 is 29.2 Å². The van der Waals surface area contributed by atoms with Gasteiger partial charge in [-0.05, 0) is 17.7 Å². The molecule has 0 bridgehead atoms. The zero-order valence-electron chi connectivity index (χ0n) is 7.55. The van der Waals surface area contributed by atoms with Crippen LogP contribution in [0.2, 0.25) is 5.02 Å². The molecule has 1 aromatic rings. The van der Waals surface area contributed by atoms with Crippen LogP contribution >= 0.6 is 23.2 Å². The third-order valence-electron chi connectivity index (χ3n) is 1.81. The topological polar surface area (TPSA) is 37.3 Å². The van der Waals surface area contributed by atoms with Crippen molar-refractivity contribution in [3.8, 4) is 0 Å². The summed E-state index contributed by atoms with van der Waals surface area (Å²) in [7, 11) is 0. The molecule has 1 unspecified atom stereocenters. The molecule has 0 saturated heterocycles. The average molecular weight is 273 g/mol. The molecule has 0 aliphatic rings. The molecule has 0 spiro atoms. The predicted octanol–water partition coefficient (Wildman–Crippen LogP) is 3.72. The van der Waals surface area contributed by atoms with Crippen LogP contribution in [0.25, 0.3) is 0 Å². The Bertz CT molecular complexity index is 418. The Labute approximate surface area is 98.6 Å². The highest BCUT2D eigenvalue weighted by atomic mass is 35.5. The molecule has 0 saturated carbocycles. The fourth-order valence-electron chi connectivity index (χ4n) is 1.13. The smallest absolute Gasteiger partial charge is 0.416 e. The molecule has 0 heterocycles. The van der Waals surface area contributed by atoms with E-state index in [4.69, 9.17) is 28.3 Å². The second-order valence-corrected chi connectivity index (χ2v) is 3.80. The van der Waals surface area contributed by atoms with Crippen LogP contribution in [0.4, 0.5) is 13.2 Å². The molecule has 16 heavy (non-hydrogen) atoms. The van der Waals surface area contributed by atoms with Crippen molar-refractivity contribution in [2.24, 2.45) is 0 Å². The van der Waals surface area contributed by atoms with Crippen LogP contribution in [0.1, 0.15) is 16.5 Å². The Morgan fingerprint density at radius 3 is 2.38 bits per heavy atom. The maximum absolute atomic E-state index is 12.5. The number of halogens is 5. The van der Waals surface area contributed by atoms with Crippen molar-refractivity contribution < 1.29 is 23.1 Å². The number of alkyl halides is 4. The van der Waals surface area contributed by atoms with Gasteiger partial charge in [0.1, 0.15) is 0 Å². The fraction of sp³-hybridized carbons (Fsp3) is 0.222. The van der Waals surface area contributed by atoms with Crippen molar-refractivity contribution in [3.63, 3.8) is 0 Å². The number of carboxylic acid groups (broad SMARTS) is 1. The summed E-state index contributed by atoms with van der Waals surface area (Å²) in [6.45, 7) is 0. The number of rotatable bonds is 2. The van der Waals surface area contributed by atoms with Crippen molar-refractivity contribution in [1.82, 2.24) is 0 Å². The molecule has 0 fully saturated rings. The molecule has 0 aliphatic heterocycles. The van der Waals surface area contributed by atoms with Gasteiger partial charge < -0.3 is 5.11 Å². The van der Waals surface area contributed by atoms with Crippen LogP contribution in [0, 0.1) is 0 Å². The number of aliphatic carboxylic acids is 1. The van der Waals surface area contributed by atoms with Gasteiger partial charge in [-0.3, -0.25) is 4.79 Å². The first-order chi connectivity index (χ1) is 7.23. The highest BCUT2D eigenvalue weighted by Crippen LogP contribution is 2.38. The van der Waals surface area contributed by atoms with E-state index in [2.05, 4.69) is 0 Å². The number of carboxylic acids is 1. The van der Waals surface area contributed by atoms with E-state index in [1.165, 1.54) is 0 Å². The molecule has 1 aromatic carbocycles. The van der Waals surface area contributed by atoms with Gasteiger partial charge in [0.25, 0.3) is 0 Å². The summed E-state index contributed by atoms with van der Waals surface area (Å²) in [6, 6.07) is 2.76. The van der Waals surface area contributed by atoms with E-state index in [0.29, 0.717) is 6.07 Å². The average Bonchev–Trinajstić information content (AvgIpc) is 2.15. The molecule has 0 aromatic heterocycles. The van der Waals surface area contributed by atoms with Gasteiger partial charge in [0.15, 0.2) is 5.38 Å². The van der Waals surface area contributed by atoms with Crippen LogP contribution < -0.4 is 0 Å². The largest absolute Gasteiger partial charge is 0.480 e. The minimum Gasteiger partial charge on any atom is -0.480 e. The summed E-state index contributed by atoms with van der Waals surface area (Å²) < 4.78 is 37.6. The highest BCUT2D eigenvalue weighted by Gasteiger charge is 2.36. The fourth-order valence-corrected chi connectivity index (χ4v) is 1.49. The van der Waals surface area contributed by atoms with Gasteiger partial charge in [0, 0.05) is 5.02 Å². The van der Waals surface area contributed by atoms with Gasteiger partial charge in [-0.2, -0.15) is 13.2 Å². The molecular formula is C9H5Cl2F3O2. The monoisotopic (exact) mass is 272 g/mol. The summed E-state index contributed by atoms with van der Waals surface area (Å²) in [5.41, 5.74) is -1.66. The molecule has 1 N–H and O–H groups in total. The molecule has 7 heteroatoms. The van der Waals surface area contributed by atoms with Gasteiger partial charge in [-0.25, -0.2) is 0 Å². The Balaban J connectivity index is 3.34. The first kappa shape index (κ1) is 13.1. The minimum atomic E-state index is -4.69. The lowest BCUT2D eigenvalue weighted by Crippen LogP contribution is -2.14. The lowest BCUT2D eigenvalue weighted by Gasteiger charge is -2.14. The Kier molecular flexibility index (Phi) is 3.70. The van der Waals surface area contributed by atoms with Crippen LogP contribution in [-0.2, 0) is 11.0 Å². The van der Waals surface area contributed by atoms with Crippen LogP contribution in [0.5, 0.6) is 0 Å². The van der Waals surface area contributed by atoms with Gasteiger partial charge >= 0.3 is 12.1 Å². The SMILES string of the molecule is O=C(O)C(Cl)c1ccc(Cl)cc1C(F)(F)F. The quantitative estimate of drug-likeness (QED) is 0.834. The second-order valence-electron chi connectivity index (χ2n) is 2.93. The van der Waals surface area contributed by atoms with Crippen molar-refractivity contribution in [3.05, 3.63) is 34.3 Å². The summed E-state index contributed by atoms with van der Waals surface area (Å²) in [4.78, 5) is 10.5. The first-order valence-electron chi connectivity index (χ1n) is 3.97. The summed E-state index contributed by atoms with van der Waals surface area (Å²) in [5, 5.41) is 6.67. The summed E-state index contributed by atoms with van der Waals surface area (Å²) >= 11 is 10.8. The molecule has 2 nitrogen and oxygen atoms in total. The summed E-state index contributed by atoms with van der Waals surface area (Å²) in [6.07, 6.45) is -4.69. The molecule has 0 radical (unpaired) electrons. The molecule has 0 aliphatic carbocycles. The number of carbonyl (C=O) groups is 1. The van der Waals surface area contributed by atoms with Crippen molar-refractivity contribution in [2.75, 3.05) is 0 Å². The number of hydrogen-bond donors (Lipinski definition) is 1. The highest BCUT2D eigenvalue weighted by molar-refractivity contribution is 6.31. The van der Waals surface area contributed by atoms with Gasteiger partial charge in [-0.15, -0.1) is 11.6 Å². The third kappa shape index (κ3) is 2.80. The molecular weight excluding hydrogens is 268 g/mol. The Morgan fingerprint density at radius 1 is 1.38 bits per heavy atom. The van der Waals surface area contributed by atoms with Gasteiger partial charge in [-0.1, -0.05) is 17.7 Å². The van der Waals surface area contributed by atoms with Crippen molar-refractivity contribution in [2.45, 2.75) is 11.6 Å². The van der Waals surface area contributed by atoms with E-state index >= 15 is 0 Å². The Hall–Kier alpha value is -0.940. The Morgan fingerprint density at radius 2 is 1.94 bits per heavy atom. The zero-order valence-corrected chi connectivity index (χ0v) is 9.07. The standard InChI is InChI=1S/C9H5Cl2F3O2/c10-4-1-2-5(7(11)8(15)16)6(3-4)9(12,13)14/h1-3,7H,(H,15,16). The van der Waals surface area contributed by atoms with Crippen LogP contribution in [-0.4, -0.2) is 11.1 Å². The molecule has 88 valence electrons. The maximum Gasteiger partial charge on any atom is 0.416 e. The lowest BCUT2D eigenvalue weighted by molar-refractivity contribution is -0.140. The van der Waals surface area contributed by atoms with E-state index in [9.17, 15) is 18.0 Å². The minimum absolute atomic E-state index is 0.134. The van der Waals surface area contributed by atoms with Gasteiger partial charge in [0.2, 0.25) is 0 Å². The van der Waals surface area contributed by atoms with Crippen molar-refractivity contribution in [1.29, 1.82) is 0 Å². The molecule has 0 amide bonds. The third-order valence-corrected chi connectivity index (χ3v) is 2.47. The van der Waals surface area contributed by atoms with E-state index in [-0.39, 0.29) is 5.02 Å². The van der Waals surface area contributed by atoms with Crippen LogP contribution in [0.3, 0.4) is 0 Å². The number of benzene rings is 1. The zero-order chi connectivity index (χ0) is 12.5. The van der Waals surface area contributed by atoms with E-state index < -0.39 is 28.6 Å². The predicted molar refractivity (Wildman–Crippen MR) is 52.7 cm³/mol.